The average Bonchev–Trinajstić information content (AvgIpc) is 3.14. The van der Waals surface area contributed by atoms with E-state index in [2.05, 4.69) is 21.9 Å². The molecule has 138 valence electrons. The SMILES string of the molecule is O=C(O)C1=CC2(CCN(C(=O)CC3NNNN3)CC2)Oc2ccccc21. The quantitative estimate of drug-likeness (QED) is 0.502. The van der Waals surface area contributed by atoms with Crippen LogP contribution < -0.4 is 26.7 Å². The molecule has 1 aromatic rings. The van der Waals surface area contributed by atoms with E-state index in [1.807, 2.05) is 6.07 Å². The second-order valence-electron chi connectivity index (χ2n) is 6.70. The molecule has 0 bridgehead atoms. The van der Waals surface area contributed by atoms with E-state index in [0.29, 0.717) is 43.7 Å². The number of carboxylic acid groups (broad SMARTS) is 1. The molecule has 9 nitrogen and oxygen atoms in total. The van der Waals surface area contributed by atoms with Gasteiger partial charge in [0, 0.05) is 31.5 Å². The Morgan fingerprint density at radius 1 is 1.19 bits per heavy atom. The molecule has 26 heavy (non-hydrogen) atoms. The average molecular weight is 359 g/mol. The third-order valence-electron chi connectivity index (χ3n) is 5.02. The minimum absolute atomic E-state index is 0.0361. The number of fused-ring (bicyclic) bond motifs is 1. The summed E-state index contributed by atoms with van der Waals surface area (Å²) in [4.78, 5) is 25.9. The Kier molecular flexibility index (Phi) is 4.37. The zero-order valence-corrected chi connectivity index (χ0v) is 14.1. The summed E-state index contributed by atoms with van der Waals surface area (Å²) in [6.45, 7) is 1.05. The molecule has 1 aromatic carbocycles. The van der Waals surface area contributed by atoms with Crippen LogP contribution in [0.3, 0.4) is 0 Å². The first kappa shape index (κ1) is 17.0. The molecule has 3 aliphatic rings. The highest BCUT2D eigenvalue weighted by atomic mass is 16.5. The van der Waals surface area contributed by atoms with Gasteiger partial charge >= 0.3 is 5.97 Å². The molecule has 0 unspecified atom stereocenters. The molecule has 0 saturated carbocycles. The largest absolute Gasteiger partial charge is 0.482 e. The van der Waals surface area contributed by atoms with Crippen LogP contribution in [-0.2, 0) is 9.59 Å². The maximum atomic E-state index is 12.4. The number of hydrazine groups is 3. The highest BCUT2D eigenvalue weighted by Gasteiger charge is 2.41. The molecule has 0 radical (unpaired) electrons. The number of hydrogen-bond donors (Lipinski definition) is 5. The number of amides is 1. The topological polar surface area (TPSA) is 115 Å². The lowest BCUT2D eigenvalue weighted by Gasteiger charge is -2.42. The van der Waals surface area contributed by atoms with Crippen molar-refractivity contribution < 1.29 is 19.4 Å². The monoisotopic (exact) mass is 359 g/mol. The molecule has 3 aliphatic heterocycles. The van der Waals surface area contributed by atoms with Crippen LogP contribution in [0.15, 0.2) is 30.3 Å². The third kappa shape index (κ3) is 3.17. The Bertz CT molecular complexity index is 751. The number of ether oxygens (including phenoxy) is 1. The van der Waals surface area contributed by atoms with E-state index in [4.69, 9.17) is 4.74 Å². The van der Waals surface area contributed by atoms with E-state index in [-0.39, 0.29) is 17.6 Å². The molecule has 4 rings (SSSR count). The van der Waals surface area contributed by atoms with Gasteiger partial charge in [-0.3, -0.25) is 4.79 Å². The Balaban J connectivity index is 1.47. The Labute approximate surface area is 150 Å². The lowest BCUT2D eigenvalue weighted by atomic mass is 9.85. The van der Waals surface area contributed by atoms with E-state index < -0.39 is 11.6 Å². The number of rotatable bonds is 3. The summed E-state index contributed by atoms with van der Waals surface area (Å²) in [7, 11) is 0. The van der Waals surface area contributed by atoms with Crippen molar-refractivity contribution in [3.63, 3.8) is 0 Å². The lowest BCUT2D eigenvalue weighted by molar-refractivity contribution is -0.135. The van der Waals surface area contributed by atoms with E-state index in [1.165, 1.54) is 0 Å². The van der Waals surface area contributed by atoms with Crippen molar-refractivity contribution in [3.05, 3.63) is 35.9 Å². The molecule has 1 amide bonds. The molecule has 0 atom stereocenters. The van der Waals surface area contributed by atoms with Crippen molar-refractivity contribution in [3.8, 4) is 5.75 Å². The van der Waals surface area contributed by atoms with Gasteiger partial charge in [-0.25, -0.2) is 15.6 Å². The number of carbonyl (C=O) groups is 2. The number of nitrogens with one attached hydrogen (secondary N) is 4. The zero-order valence-electron chi connectivity index (χ0n) is 14.1. The fraction of sp³-hybridized carbons (Fsp3) is 0.412. The maximum Gasteiger partial charge on any atom is 0.336 e. The molecule has 3 heterocycles. The van der Waals surface area contributed by atoms with E-state index in [1.54, 1.807) is 29.2 Å². The minimum Gasteiger partial charge on any atom is -0.482 e. The van der Waals surface area contributed by atoms with Gasteiger partial charge in [0.15, 0.2) is 0 Å². The molecular formula is C17H21N5O4. The van der Waals surface area contributed by atoms with Crippen LogP contribution in [0.5, 0.6) is 5.75 Å². The summed E-state index contributed by atoms with van der Waals surface area (Å²) in [6, 6.07) is 7.18. The second-order valence-corrected chi connectivity index (χ2v) is 6.70. The van der Waals surface area contributed by atoms with Crippen molar-refractivity contribution in [1.82, 2.24) is 26.8 Å². The molecular weight excluding hydrogens is 338 g/mol. The van der Waals surface area contributed by atoms with Gasteiger partial charge in [0.2, 0.25) is 5.91 Å². The van der Waals surface area contributed by atoms with Crippen LogP contribution in [-0.4, -0.2) is 46.7 Å². The number of likely N-dealkylation sites (tertiary alicyclic amines) is 1. The number of carboxylic acids is 1. The molecule has 1 spiro atoms. The van der Waals surface area contributed by atoms with Crippen LogP contribution in [0.25, 0.3) is 5.57 Å². The van der Waals surface area contributed by atoms with Crippen LogP contribution >= 0.6 is 0 Å². The van der Waals surface area contributed by atoms with Crippen molar-refractivity contribution in [2.24, 2.45) is 0 Å². The van der Waals surface area contributed by atoms with Crippen LogP contribution in [0.4, 0.5) is 0 Å². The fourth-order valence-corrected chi connectivity index (χ4v) is 3.61. The summed E-state index contributed by atoms with van der Waals surface area (Å²) < 4.78 is 6.18. The summed E-state index contributed by atoms with van der Waals surface area (Å²) >= 11 is 0. The summed E-state index contributed by atoms with van der Waals surface area (Å²) in [5.41, 5.74) is 11.4. The van der Waals surface area contributed by atoms with Crippen LogP contribution in [0.2, 0.25) is 0 Å². The van der Waals surface area contributed by atoms with Gasteiger partial charge in [0.25, 0.3) is 0 Å². The number of nitrogens with zero attached hydrogens (tertiary/aromatic N) is 1. The summed E-state index contributed by atoms with van der Waals surface area (Å²) in [5.74, 6) is -0.338. The van der Waals surface area contributed by atoms with Gasteiger partial charge in [-0.1, -0.05) is 18.2 Å². The van der Waals surface area contributed by atoms with Gasteiger partial charge in [-0.15, -0.1) is 0 Å². The molecule has 2 saturated heterocycles. The molecule has 0 aromatic heterocycles. The Hall–Kier alpha value is -2.46. The number of hydrogen-bond acceptors (Lipinski definition) is 7. The van der Waals surface area contributed by atoms with Gasteiger partial charge in [-0.2, -0.15) is 11.1 Å². The first-order valence-corrected chi connectivity index (χ1v) is 8.60. The van der Waals surface area contributed by atoms with E-state index in [9.17, 15) is 14.7 Å². The second kappa shape index (κ2) is 6.69. The standard InChI is InChI=1S/C17H21N5O4/c23-15(9-14-18-20-21-19-14)22-7-5-17(6-8-22)10-12(16(24)25)11-3-1-2-4-13(11)26-17/h1-4,10,14,18-21H,5-9H2,(H,24,25). The number of para-hydroxylation sites is 1. The first-order chi connectivity index (χ1) is 12.6. The zero-order chi connectivity index (χ0) is 18.1. The molecule has 9 heteroatoms. The normalized spacial score (nSPS) is 21.8. The van der Waals surface area contributed by atoms with Crippen LogP contribution in [0, 0.1) is 0 Å². The van der Waals surface area contributed by atoms with Gasteiger partial charge in [0.05, 0.1) is 18.2 Å². The van der Waals surface area contributed by atoms with Crippen molar-refractivity contribution in [2.45, 2.75) is 31.0 Å². The van der Waals surface area contributed by atoms with E-state index >= 15 is 0 Å². The van der Waals surface area contributed by atoms with Gasteiger partial charge in [0.1, 0.15) is 11.4 Å². The fourth-order valence-electron chi connectivity index (χ4n) is 3.61. The van der Waals surface area contributed by atoms with Crippen LogP contribution in [0.1, 0.15) is 24.8 Å². The predicted molar refractivity (Wildman–Crippen MR) is 92.2 cm³/mol. The van der Waals surface area contributed by atoms with E-state index in [0.717, 1.165) is 0 Å². The van der Waals surface area contributed by atoms with Gasteiger partial charge in [-0.05, 0) is 12.1 Å². The molecule has 2 fully saturated rings. The number of aliphatic carboxylic acids is 1. The number of piperidine rings is 1. The Morgan fingerprint density at radius 3 is 2.58 bits per heavy atom. The third-order valence-corrected chi connectivity index (χ3v) is 5.02. The lowest BCUT2D eigenvalue weighted by Crippen LogP contribution is -2.51. The van der Waals surface area contributed by atoms with Crippen molar-refractivity contribution in [1.29, 1.82) is 0 Å². The summed E-state index contributed by atoms with van der Waals surface area (Å²) in [6.07, 6.45) is 2.98. The van der Waals surface area contributed by atoms with Crippen molar-refractivity contribution in [2.75, 3.05) is 13.1 Å². The van der Waals surface area contributed by atoms with Crippen molar-refractivity contribution >= 4 is 17.4 Å². The maximum absolute atomic E-state index is 12.4. The molecule has 5 N–H and O–H groups in total. The highest BCUT2D eigenvalue weighted by Crippen LogP contribution is 2.40. The highest BCUT2D eigenvalue weighted by molar-refractivity contribution is 6.16. The first-order valence-electron chi connectivity index (χ1n) is 8.60. The minimum atomic E-state index is -0.961. The predicted octanol–water partition coefficient (Wildman–Crippen LogP) is -0.259. The van der Waals surface area contributed by atoms with Gasteiger partial charge < -0.3 is 14.7 Å². The number of carbonyl (C=O) groups excluding carboxylic acids is 1. The smallest absolute Gasteiger partial charge is 0.336 e. The molecule has 0 aliphatic carbocycles. The Morgan fingerprint density at radius 2 is 1.88 bits per heavy atom. The summed E-state index contributed by atoms with van der Waals surface area (Å²) in [5, 5.41) is 9.58. The number of benzene rings is 1.